The first-order valence-electron chi connectivity index (χ1n) is 11.1. The Morgan fingerprint density at radius 1 is 1.07 bits per heavy atom. The predicted octanol–water partition coefficient (Wildman–Crippen LogP) is 2.81. The molecule has 0 aromatic rings. The molecule has 0 aromatic carbocycles. The van der Waals surface area contributed by atoms with Crippen LogP contribution < -0.4 is 0 Å². The number of hydrogen-bond donors (Lipinski definition) is 3. The highest BCUT2D eigenvalue weighted by Gasteiger charge is 2.70. The molecule has 2 saturated carbocycles. The number of rotatable bonds is 1. The number of Topliss-reactive ketones (excluding diaryl/α,β-unsaturated/α-hetero) is 2. The first kappa shape index (κ1) is 21.2. The van der Waals surface area contributed by atoms with Gasteiger partial charge >= 0.3 is 0 Å². The molecule has 3 N–H and O–H groups in total. The van der Waals surface area contributed by atoms with Crippen LogP contribution >= 0.6 is 0 Å². The van der Waals surface area contributed by atoms with Gasteiger partial charge in [-0.15, -0.1) is 0 Å². The highest BCUT2D eigenvalue weighted by Crippen LogP contribution is 2.70. The molecule has 29 heavy (non-hydrogen) atoms. The molecule has 0 aliphatic heterocycles. The van der Waals surface area contributed by atoms with Crippen LogP contribution in [0.25, 0.3) is 0 Å². The maximum atomic E-state index is 13.7. The summed E-state index contributed by atoms with van der Waals surface area (Å²) in [6.45, 7) is 11.7. The molecule has 5 heteroatoms. The van der Waals surface area contributed by atoms with Gasteiger partial charge in [0.2, 0.25) is 0 Å². The van der Waals surface area contributed by atoms with Gasteiger partial charge in [0.15, 0.2) is 5.78 Å². The molecule has 4 rings (SSSR count). The third kappa shape index (κ3) is 2.33. The smallest absolute Gasteiger partial charge is 0.160 e. The summed E-state index contributed by atoms with van der Waals surface area (Å²) < 4.78 is 0. The molecule has 0 spiro atoms. The van der Waals surface area contributed by atoms with Gasteiger partial charge in [-0.05, 0) is 66.8 Å². The fourth-order valence-corrected chi connectivity index (χ4v) is 7.98. The Labute approximate surface area is 173 Å². The van der Waals surface area contributed by atoms with E-state index < -0.39 is 40.0 Å². The van der Waals surface area contributed by atoms with Crippen molar-refractivity contribution in [3.8, 4) is 0 Å². The van der Waals surface area contributed by atoms with Crippen LogP contribution in [-0.4, -0.2) is 45.2 Å². The number of carbonyl (C=O) groups is 2. The van der Waals surface area contributed by atoms with Gasteiger partial charge in [0.1, 0.15) is 5.78 Å². The van der Waals surface area contributed by atoms with E-state index in [0.717, 1.165) is 0 Å². The SMILES string of the molecule is CC(O)[C@H]1CC(=O)[C@@]2(C)C3=C(C(=O)C[C@]12C)[C@@]1(C)CC[C@H](O)C(C)(C)[C@@H]1C[C@@H]3O. The topological polar surface area (TPSA) is 94.8 Å². The number of ketones is 2. The standard InChI is InChI=1S/C24H36O5/c1-12(25)13-9-18(29)24(6)20-14(26)10-16-21(2,3)17(28)7-8-22(16,4)19(20)15(27)11-23(13,24)5/h12-14,16-17,25-26,28H,7-11H2,1-6H3/t12?,13-,14+,16+,17+,22+,23-,24+/m1/s1. The fraction of sp³-hybridized carbons (Fsp3) is 0.833. The molecular formula is C24H36O5. The van der Waals surface area contributed by atoms with Crippen molar-refractivity contribution >= 4 is 11.6 Å². The van der Waals surface area contributed by atoms with Crippen molar-refractivity contribution < 1.29 is 24.9 Å². The summed E-state index contributed by atoms with van der Waals surface area (Å²) >= 11 is 0. The van der Waals surface area contributed by atoms with Crippen LogP contribution in [0.3, 0.4) is 0 Å². The van der Waals surface area contributed by atoms with E-state index in [1.165, 1.54) is 0 Å². The van der Waals surface area contributed by atoms with Gasteiger partial charge in [-0.1, -0.05) is 27.7 Å². The number of hydrogen-bond acceptors (Lipinski definition) is 5. The van der Waals surface area contributed by atoms with Crippen molar-refractivity contribution in [2.24, 2.45) is 33.5 Å². The highest BCUT2D eigenvalue weighted by molar-refractivity contribution is 6.05. The van der Waals surface area contributed by atoms with E-state index in [4.69, 9.17) is 0 Å². The second kappa shape index (κ2) is 6.02. The number of aliphatic hydroxyl groups excluding tert-OH is 3. The molecule has 8 atom stereocenters. The van der Waals surface area contributed by atoms with Gasteiger partial charge < -0.3 is 15.3 Å². The van der Waals surface area contributed by atoms with Gasteiger partial charge in [0.05, 0.1) is 23.7 Å². The molecule has 0 amide bonds. The van der Waals surface area contributed by atoms with Crippen LogP contribution in [0.2, 0.25) is 0 Å². The molecule has 0 saturated heterocycles. The van der Waals surface area contributed by atoms with Crippen molar-refractivity contribution in [1.82, 2.24) is 0 Å². The van der Waals surface area contributed by atoms with Crippen molar-refractivity contribution in [3.05, 3.63) is 11.1 Å². The lowest BCUT2D eigenvalue weighted by atomic mass is 9.42. The zero-order valence-corrected chi connectivity index (χ0v) is 18.6. The van der Waals surface area contributed by atoms with Gasteiger partial charge in [0, 0.05) is 18.4 Å². The van der Waals surface area contributed by atoms with Crippen LogP contribution in [-0.2, 0) is 9.59 Å². The van der Waals surface area contributed by atoms with E-state index >= 15 is 0 Å². The number of aliphatic hydroxyl groups is 3. The van der Waals surface area contributed by atoms with Crippen molar-refractivity contribution in [2.45, 2.75) is 92.0 Å². The average molecular weight is 405 g/mol. The summed E-state index contributed by atoms with van der Waals surface area (Å²) in [5.74, 6) is -0.283. The zero-order valence-electron chi connectivity index (χ0n) is 18.6. The molecule has 5 nitrogen and oxygen atoms in total. The first-order chi connectivity index (χ1) is 13.2. The minimum absolute atomic E-state index is 0.0127. The fourth-order valence-electron chi connectivity index (χ4n) is 7.98. The second-order valence-electron chi connectivity index (χ2n) is 11.5. The van der Waals surface area contributed by atoms with Crippen LogP contribution in [0.4, 0.5) is 0 Å². The molecule has 0 radical (unpaired) electrons. The lowest BCUT2D eigenvalue weighted by Gasteiger charge is -2.61. The molecule has 4 aliphatic rings. The number of carbonyl (C=O) groups excluding carboxylic acids is 2. The molecule has 162 valence electrons. The summed E-state index contributed by atoms with van der Waals surface area (Å²) in [5, 5.41) is 32.4. The molecule has 1 unspecified atom stereocenters. The van der Waals surface area contributed by atoms with Crippen LogP contribution in [0.15, 0.2) is 11.1 Å². The van der Waals surface area contributed by atoms with Gasteiger partial charge in [-0.2, -0.15) is 0 Å². The summed E-state index contributed by atoms with van der Waals surface area (Å²) in [6, 6.07) is 0. The van der Waals surface area contributed by atoms with E-state index in [1.54, 1.807) is 6.92 Å². The lowest BCUT2D eigenvalue weighted by molar-refractivity contribution is -0.142. The third-order valence-corrected chi connectivity index (χ3v) is 9.95. The second-order valence-corrected chi connectivity index (χ2v) is 11.5. The van der Waals surface area contributed by atoms with Crippen molar-refractivity contribution in [2.75, 3.05) is 0 Å². The maximum absolute atomic E-state index is 13.7. The Hall–Kier alpha value is -1.04. The summed E-state index contributed by atoms with van der Waals surface area (Å²) in [6.07, 6.45) is 0.172. The summed E-state index contributed by atoms with van der Waals surface area (Å²) in [5.41, 5.74) is -1.23. The number of allylic oxidation sites excluding steroid dienone is 1. The van der Waals surface area contributed by atoms with E-state index in [0.29, 0.717) is 30.4 Å². The van der Waals surface area contributed by atoms with Gasteiger partial charge in [-0.25, -0.2) is 0 Å². The molecular weight excluding hydrogens is 368 g/mol. The molecule has 4 aliphatic carbocycles. The summed E-state index contributed by atoms with van der Waals surface area (Å²) in [4.78, 5) is 27.1. The Bertz CT molecular complexity index is 810. The Morgan fingerprint density at radius 2 is 1.69 bits per heavy atom. The Kier molecular flexibility index (Phi) is 4.40. The van der Waals surface area contributed by atoms with Crippen LogP contribution in [0, 0.1) is 33.5 Å². The average Bonchev–Trinajstić information content (AvgIpc) is 2.81. The normalized spacial score (nSPS) is 50.1. The van der Waals surface area contributed by atoms with Crippen molar-refractivity contribution in [3.63, 3.8) is 0 Å². The predicted molar refractivity (Wildman–Crippen MR) is 109 cm³/mol. The van der Waals surface area contributed by atoms with Crippen LogP contribution in [0.5, 0.6) is 0 Å². The van der Waals surface area contributed by atoms with E-state index in [9.17, 15) is 24.9 Å². The minimum Gasteiger partial charge on any atom is -0.393 e. The number of fused-ring (bicyclic) bond motifs is 4. The van der Waals surface area contributed by atoms with Crippen molar-refractivity contribution in [1.29, 1.82) is 0 Å². The van der Waals surface area contributed by atoms with Gasteiger partial charge in [-0.3, -0.25) is 9.59 Å². The maximum Gasteiger partial charge on any atom is 0.160 e. The molecule has 2 fully saturated rings. The molecule has 0 aromatic heterocycles. The monoisotopic (exact) mass is 404 g/mol. The van der Waals surface area contributed by atoms with Crippen LogP contribution in [0.1, 0.15) is 73.6 Å². The first-order valence-corrected chi connectivity index (χ1v) is 11.1. The molecule has 0 heterocycles. The van der Waals surface area contributed by atoms with E-state index in [1.807, 2.05) is 27.7 Å². The Morgan fingerprint density at radius 3 is 2.28 bits per heavy atom. The summed E-state index contributed by atoms with van der Waals surface area (Å²) in [7, 11) is 0. The third-order valence-electron chi connectivity index (χ3n) is 9.95. The zero-order chi connectivity index (χ0) is 21.7. The van der Waals surface area contributed by atoms with E-state index in [-0.39, 0.29) is 36.2 Å². The van der Waals surface area contributed by atoms with E-state index in [2.05, 4.69) is 6.92 Å². The Balaban J connectivity index is 1.96. The quantitative estimate of drug-likeness (QED) is 0.625. The lowest BCUT2D eigenvalue weighted by Crippen LogP contribution is -2.60. The minimum atomic E-state index is -0.939. The largest absolute Gasteiger partial charge is 0.393 e. The molecule has 0 bridgehead atoms. The van der Waals surface area contributed by atoms with Gasteiger partial charge in [0.25, 0.3) is 0 Å². The highest BCUT2D eigenvalue weighted by atomic mass is 16.3.